The van der Waals surface area contributed by atoms with Gasteiger partial charge in [0.05, 0.1) is 31.7 Å². The van der Waals surface area contributed by atoms with Crippen molar-refractivity contribution in [2.24, 2.45) is 0 Å². The van der Waals surface area contributed by atoms with Gasteiger partial charge in [0.2, 0.25) is 0 Å². The van der Waals surface area contributed by atoms with E-state index in [1.807, 2.05) is 56.3 Å². The van der Waals surface area contributed by atoms with Crippen LogP contribution in [-0.2, 0) is 22.7 Å². The van der Waals surface area contributed by atoms with Gasteiger partial charge in [0.1, 0.15) is 5.82 Å². The number of halogens is 2. The predicted molar refractivity (Wildman–Crippen MR) is 127 cm³/mol. The summed E-state index contributed by atoms with van der Waals surface area (Å²) in [5.41, 5.74) is 4.63. The molecule has 0 fully saturated rings. The van der Waals surface area contributed by atoms with Crippen LogP contribution in [0, 0.1) is 6.92 Å². The molecule has 0 amide bonds. The zero-order valence-electron chi connectivity index (χ0n) is 17.3. The van der Waals surface area contributed by atoms with Crippen molar-refractivity contribution in [2.45, 2.75) is 31.6 Å². The molecule has 160 valence electrons. The van der Waals surface area contributed by atoms with Gasteiger partial charge in [-0.3, -0.25) is 4.57 Å². The number of nitrogens with zero attached hydrogens (tertiary/aromatic N) is 2. The molecule has 31 heavy (non-hydrogen) atoms. The summed E-state index contributed by atoms with van der Waals surface area (Å²) in [6, 6.07) is 18.5. The summed E-state index contributed by atoms with van der Waals surface area (Å²) in [6.45, 7) is 3.99. The van der Waals surface area contributed by atoms with Crippen molar-refractivity contribution in [2.75, 3.05) is 5.75 Å². The monoisotopic (exact) mass is 472 g/mol. The van der Waals surface area contributed by atoms with E-state index in [9.17, 15) is 8.42 Å². The van der Waals surface area contributed by atoms with Crippen LogP contribution in [0.3, 0.4) is 0 Å². The molecule has 4 nitrogen and oxygen atoms in total. The summed E-state index contributed by atoms with van der Waals surface area (Å²) >= 11 is 12.4. The third kappa shape index (κ3) is 4.49. The normalized spacial score (nSPS) is 11.9. The van der Waals surface area contributed by atoms with E-state index in [1.165, 1.54) is 0 Å². The van der Waals surface area contributed by atoms with Gasteiger partial charge in [-0.2, -0.15) is 0 Å². The molecule has 0 saturated heterocycles. The van der Waals surface area contributed by atoms with Crippen molar-refractivity contribution in [1.29, 1.82) is 0 Å². The standard InChI is InChI=1S/C24H22Cl2N2O2S/c1-3-24-27-22-14-20(25)21(26)15-23(22)28(24)18-8-6-17(7-9-18)12-13-31(29,30)19-10-4-16(2)5-11-19/h4-11,14-15H,3,12-13H2,1-2H3. The SMILES string of the molecule is CCc1nc2cc(Cl)c(Cl)cc2n1-c1ccc(CCS(=O)(=O)c2ccc(C)cc2)cc1. The zero-order valence-corrected chi connectivity index (χ0v) is 19.6. The lowest BCUT2D eigenvalue weighted by Crippen LogP contribution is -2.09. The Morgan fingerprint density at radius 3 is 2.23 bits per heavy atom. The smallest absolute Gasteiger partial charge is 0.178 e. The molecule has 0 aliphatic rings. The molecule has 3 aromatic carbocycles. The van der Waals surface area contributed by atoms with Gasteiger partial charge in [0.15, 0.2) is 9.84 Å². The van der Waals surface area contributed by atoms with Gasteiger partial charge in [-0.05, 0) is 55.3 Å². The number of sulfone groups is 1. The Morgan fingerprint density at radius 2 is 1.58 bits per heavy atom. The first-order chi connectivity index (χ1) is 14.8. The number of hydrogen-bond donors (Lipinski definition) is 0. The molecule has 0 bridgehead atoms. The summed E-state index contributed by atoms with van der Waals surface area (Å²) in [6.07, 6.45) is 1.20. The van der Waals surface area contributed by atoms with Gasteiger partial charge in [-0.1, -0.05) is 60.0 Å². The molecule has 1 heterocycles. The highest BCUT2D eigenvalue weighted by Gasteiger charge is 2.16. The molecule has 7 heteroatoms. The summed E-state index contributed by atoms with van der Waals surface area (Å²) in [5, 5.41) is 0.961. The fourth-order valence-electron chi connectivity index (χ4n) is 3.58. The maximum atomic E-state index is 12.6. The summed E-state index contributed by atoms with van der Waals surface area (Å²) in [5.74, 6) is 0.973. The highest BCUT2D eigenvalue weighted by Crippen LogP contribution is 2.30. The van der Waals surface area contributed by atoms with E-state index < -0.39 is 9.84 Å². The fourth-order valence-corrected chi connectivity index (χ4v) is 5.18. The molecule has 4 rings (SSSR count). The molecule has 0 spiro atoms. The molecule has 0 saturated carbocycles. The molecule has 0 unspecified atom stereocenters. The highest BCUT2D eigenvalue weighted by molar-refractivity contribution is 7.91. The van der Waals surface area contributed by atoms with Crippen LogP contribution in [0.5, 0.6) is 0 Å². The fraction of sp³-hybridized carbons (Fsp3) is 0.208. The quantitative estimate of drug-likeness (QED) is 0.334. The number of benzene rings is 3. The van der Waals surface area contributed by atoms with Crippen LogP contribution in [0.25, 0.3) is 16.7 Å². The minimum Gasteiger partial charge on any atom is -0.296 e. The van der Waals surface area contributed by atoms with Crippen molar-refractivity contribution >= 4 is 44.1 Å². The van der Waals surface area contributed by atoms with E-state index in [2.05, 4.69) is 9.55 Å². The topological polar surface area (TPSA) is 52.0 Å². The second-order valence-corrected chi connectivity index (χ2v) is 10.4. The number of rotatable bonds is 6. The van der Waals surface area contributed by atoms with E-state index in [-0.39, 0.29) is 5.75 Å². The van der Waals surface area contributed by atoms with Crippen LogP contribution in [0.15, 0.2) is 65.6 Å². The number of imidazole rings is 1. The van der Waals surface area contributed by atoms with E-state index in [1.54, 1.807) is 18.2 Å². The number of aryl methyl sites for hydroxylation is 3. The number of aromatic nitrogens is 2. The van der Waals surface area contributed by atoms with Crippen LogP contribution >= 0.6 is 23.2 Å². The van der Waals surface area contributed by atoms with E-state index in [0.717, 1.165) is 40.1 Å². The first-order valence-corrected chi connectivity index (χ1v) is 12.4. The van der Waals surface area contributed by atoms with Crippen LogP contribution in [0.1, 0.15) is 23.9 Å². The van der Waals surface area contributed by atoms with E-state index >= 15 is 0 Å². The van der Waals surface area contributed by atoms with Crippen molar-refractivity contribution in [3.8, 4) is 5.69 Å². The third-order valence-electron chi connectivity index (χ3n) is 5.32. The Bertz CT molecular complexity index is 1340. The second kappa shape index (κ2) is 8.65. The molecule has 4 aromatic rings. The summed E-state index contributed by atoms with van der Waals surface area (Å²) in [4.78, 5) is 5.04. The minimum absolute atomic E-state index is 0.0672. The van der Waals surface area contributed by atoms with Crippen molar-refractivity contribution in [3.63, 3.8) is 0 Å². The largest absolute Gasteiger partial charge is 0.296 e. The maximum Gasteiger partial charge on any atom is 0.178 e. The second-order valence-electron chi connectivity index (χ2n) is 7.52. The molecular weight excluding hydrogens is 451 g/mol. The molecule has 0 atom stereocenters. The summed E-state index contributed by atoms with van der Waals surface area (Å²) < 4.78 is 27.3. The van der Waals surface area contributed by atoms with Crippen molar-refractivity contribution in [3.05, 3.63) is 87.7 Å². The van der Waals surface area contributed by atoms with Crippen LogP contribution < -0.4 is 0 Å². The van der Waals surface area contributed by atoms with Gasteiger partial charge in [0, 0.05) is 12.1 Å². The molecule has 0 aliphatic carbocycles. The molecule has 0 radical (unpaired) electrons. The third-order valence-corrected chi connectivity index (χ3v) is 7.77. The Balaban J connectivity index is 1.59. The molecule has 1 aromatic heterocycles. The zero-order chi connectivity index (χ0) is 22.2. The predicted octanol–water partition coefficient (Wildman–Crippen LogP) is 6.22. The van der Waals surface area contributed by atoms with Crippen LogP contribution in [-0.4, -0.2) is 23.7 Å². The van der Waals surface area contributed by atoms with Crippen LogP contribution in [0.4, 0.5) is 0 Å². The van der Waals surface area contributed by atoms with Crippen molar-refractivity contribution in [1.82, 2.24) is 9.55 Å². The maximum absolute atomic E-state index is 12.6. The van der Waals surface area contributed by atoms with Gasteiger partial charge < -0.3 is 0 Å². The van der Waals surface area contributed by atoms with Crippen molar-refractivity contribution < 1.29 is 8.42 Å². The van der Waals surface area contributed by atoms with Crippen LogP contribution in [0.2, 0.25) is 10.0 Å². The average molecular weight is 473 g/mol. The lowest BCUT2D eigenvalue weighted by molar-refractivity contribution is 0.595. The lowest BCUT2D eigenvalue weighted by Gasteiger charge is -2.10. The number of hydrogen-bond acceptors (Lipinski definition) is 3. The summed E-state index contributed by atoms with van der Waals surface area (Å²) in [7, 11) is -3.32. The Hall–Kier alpha value is -2.34. The highest BCUT2D eigenvalue weighted by atomic mass is 35.5. The van der Waals surface area contributed by atoms with Gasteiger partial charge in [-0.15, -0.1) is 0 Å². The Kier molecular flexibility index (Phi) is 6.11. The molecular formula is C24H22Cl2N2O2S. The molecule has 0 aliphatic heterocycles. The minimum atomic E-state index is -3.32. The van der Waals surface area contributed by atoms with Gasteiger partial charge >= 0.3 is 0 Å². The van der Waals surface area contributed by atoms with Gasteiger partial charge in [-0.25, -0.2) is 13.4 Å². The lowest BCUT2D eigenvalue weighted by atomic mass is 10.1. The Labute approximate surface area is 192 Å². The Morgan fingerprint density at radius 1 is 0.935 bits per heavy atom. The van der Waals surface area contributed by atoms with Gasteiger partial charge in [0.25, 0.3) is 0 Å². The number of fused-ring (bicyclic) bond motifs is 1. The first-order valence-electron chi connectivity index (χ1n) is 10.0. The van der Waals surface area contributed by atoms with E-state index in [0.29, 0.717) is 21.4 Å². The average Bonchev–Trinajstić information content (AvgIpc) is 3.10. The molecule has 0 N–H and O–H groups in total. The first kappa shape index (κ1) is 21.9. The van der Waals surface area contributed by atoms with E-state index in [4.69, 9.17) is 23.2 Å².